The van der Waals surface area contributed by atoms with Gasteiger partial charge in [-0.25, -0.2) is 17.5 Å². The van der Waals surface area contributed by atoms with E-state index in [9.17, 15) is 22.4 Å². The van der Waals surface area contributed by atoms with Gasteiger partial charge in [-0.2, -0.15) is 0 Å². The zero-order valence-electron chi connectivity index (χ0n) is 15.2. The van der Waals surface area contributed by atoms with Crippen molar-refractivity contribution >= 4 is 21.8 Å². The Balaban J connectivity index is 1.69. The first-order valence-corrected chi connectivity index (χ1v) is 9.91. The SMILES string of the molecule is CC(=O)c1ccc(S(=O)(=O)NCCC(=O)OCCOc2ccc(F)cc2)cc1. The fourth-order valence-corrected chi connectivity index (χ4v) is 3.19. The summed E-state index contributed by atoms with van der Waals surface area (Å²) in [5.74, 6) is -0.683. The highest BCUT2D eigenvalue weighted by atomic mass is 32.2. The van der Waals surface area contributed by atoms with Crippen molar-refractivity contribution < 1.29 is 31.9 Å². The quantitative estimate of drug-likeness (QED) is 0.367. The fourth-order valence-electron chi connectivity index (χ4n) is 2.16. The van der Waals surface area contributed by atoms with Gasteiger partial charge in [-0.1, -0.05) is 12.1 Å². The lowest BCUT2D eigenvalue weighted by atomic mass is 10.2. The first-order valence-electron chi connectivity index (χ1n) is 8.42. The van der Waals surface area contributed by atoms with Crippen molar-refractivity contribution in [1.29, 1.82) is 0 Å². The normalized spacial score (nSPS) is 11.1. The Hall–Kier alpha value is -2.78. The Bertz CT molecular complexity index is 910. The van der Waals surface area contributed by atoms with Gasteiger partial charge in [-0.15, -0.1) is 0 Å². The number of Topliss-reactive ketones (excluding diaryl/α,β-unsaturated/α-hetero) is 1. The van der Waals surface area contributed by atoms with Crippen LogP contribution in [0, 0.1) is 5.82 Å². The van der Waals surface area contributed by atoms with E-state index in [1.54, 1.807) is 0 Å². The van der Waals surface area contributed by atoms with E-state index in [4.69, 9.17) is 9.47 Å². The van der Waals surface area contributed by atoms with E-state index in [2.05, 4.69) is 4.72 Å². The van der Waals surface area contributed by atoms with Gasteiger partial charge in [0.1, 0.15) is 24.8 Å². The molecule has 0 bridgehead atoms. The fraction of sp³-hybridized carbons (Fsp3) is 0.263. The van der Waals surface area contributed by atoms with Gasteiger partial charge in [0.2, 0.25) is 10.0 Å². The molecule has 2 aromatic carbocycles. The van der Waals surface area contributed by atoms with Crippen molar-refractivity contribution in [2.45, 2.75) is 18.2 Å². The summed E-state index contributed by atoms with van der Waals surface area (Å²) in [4.78, 5) is 22.9. The molecule has 28 heavy (non-hydrogen) atoms. The van der Waals surface area contributed by atoms with E-state index in [0.717, 1.165) is 0 Å². The third kappa shape index (κ3) is 6.75. The molecule has 2 aromatic rings. The minimum absolute atomic E-state index is 0.00133. The molecular weight excluding hydrogens is 389 g/mol. The number of halogens is 1. The lowest BCUT2D eigenvalue weighted by molar-refractivity contribution is -0.144. The molecule has 0 aliphatic rings. The molecule has 0 spiro atoms. The minimum Gasteiger partial charge on any atom is -0.490 e. The third-order valence-corrected chi connectivity index (χ3v) is 5.10. The molecule has 0 unspecified atom stereocenters. The van der Waals surface area contributed by atoms with Gasteiger partial charge in [0.25, 0.3) is 0 Å². The van der Waals surface area contributed by atoms with Gasteiger partial charge in [0, 0.05) is 12.1 Å². The summed E-state index contributed by atoms with van der Waals surface area (Å²) < 4.78 is 49.5. The highest BCUT2D eigenvalue weighted by Crippen LogP contribution is 2.12. The molecule has 0 aliphatic carbocycles. The molecule has 0 heterocycles. The van der Waals surface area contributed by atoms with Crippen LogP contribution in [0.15, 0.2) is 53.4 Å². The van der Waals surface area contributed by atoms with Crippen LogP contribution in [-0.4, -0.2) is 39.9 Å². The molecular formula is C19H20FNO6S. The number of hydrogen-bond acceptors (Lipinski definition) is 6. The Labute approximate surface area is 162 Å². The monoisotopic (exact) mass is 409 g/mol. The zero-order valence-corrected chi connectivity index (χ0v) is 16.0. The number of nitrogens with one attached hydrogen (secondary N) is 1. The second-order valence-electron chi connectivity index (χ2n) is 5.75. The van der Waals surface area contributed by atoms with Gasteiger partial charge in [-0.05, 0) is 43.3 Å². The second-order valence-corrected chi connectivity index (χ2v) is 7.52. The number of sulfonamides is 1. The predicted molar refractivity (Wildman–Crippen MR) is 99.1 cm³/mol. The van der Waals surface area contributed by atoms with E-state index in [1.807, 2.05) is 0 Å². The number of ether oxygens (including phenoxy) is 2. The zero-order chi connectivity index (χ0) is 20.6. The van der Waals surface area contributed by atoms with Crippen LogP contribution in [0.3, 0.4) is 0 Å². The van der Waals surface area contributed by atoms with Crippen molar-refractivity contribution in [3.63, 3.8) is 0 Å². The van der Waals surface area contributed by atoms with E-state index in [0.29, 0.717) is 11.3 Å². The Morgan fingerprint density at radius 3 is 2.25 bits per heavy atom. The van der Waals surface area contributed by atoms with Crippen LogP contribution < -0.4 is 9.46 Å². The topological polar surface area (TPSA) is 98.8 Å². The molecule has 0 radical (unpaired) electrons. The highest BCUT2D eigenvalue weighted by molar-refractivity contribution is 7.89. The lowest BCUT2D eigenvalue weighted by Crippen LogP contribution is -2.27. The molecule has 9 heteroatoms. The Kier molecular flexibility index (Phi) is 7.65. The number of rotatable bonds is 10. The average molecular weight is 409 g/mol. The summed E-state index contributed by atoms with van der Waals surface area (Å²) in [5.41, 5.74) is 0.408. The molecule has 0 saturated carbocycles. The first-order chi connectivity index (χ1) is 13.3. The van der Waals surface area contributed by atoms with E-state index in [-0.39, 0.29) is 42.7 Å². The molecule has 1 N–H and O–H groups in total. The molecule has 0 fully saturated rings. The smallest absolute Gasteiger partial charge is 0.307 e. The largest absolute Gasteiger partial charge is 0.490 e. The van der Waals surface area contributed by atoms with Crippen LogP contribution in [0.4, 0.5) is 4.39 Å². The lowest BCUT2D eigenvalue weighted by Gasteiger charge is -2.09. The molecule has 0 aromatic heterocycles. The maximum Gasteiger partial charge on any atom is 0.307 e. The van der Waals surface area contributed by atoms with Crippen molar-refractivity contribution in [1.82, 2.24) is 4.72 Å². The highest BCUT2D eigenvalue weighted by Gasteiger charge is 2.15. The summed E-state index contributed by atoms with van der Waals surface area (Å²) in [7, 11) is -3.79. The molecule has 2 rings (SSSR count). The van der Waals surface area contributed by atoms with Gasteiger partial charge >= 0.3 is 5.97 Å². The number of carbonyl (C=O) groups is 2. The summed E-state index contributed by atoms with van der Waals surface area (Å²) in [6, 6.07) is 10.9. The standard InChI is InChI=1S/C19H20FNO6S/c1-14(22)15-2-8-18(9-3-15)28(24,25)21-11-10-19(23)27-13-12-26-17-6-4-16(20)5-7-17/h2-9,21H,10-13H2,1H3. The molecule has 7 nitrogen and oxygen atoms in total. The van der Waals surface area contributed by atoms with E-state index in [1.165, 1.54) is 55.5 Å². The van der Waals surface area contributed by atoms with Crippen LogP contribution in [0.1, 0.15) is 23.7 Å². The predicted octanol–water partition coefficient (Wildman–Crippen LogP) is 2.32. The van der Waals surface area contributed by atoms with Gasteiger partial charge in [0.05, 0.1) is 11.3 Å². The molecule has 0 amide bonds. The van der Waals surface area contributed by atoms with E-state index >= 15 is 0 Å². The van der Waals surface area contributed by atoms with Crippen LogP contribution in [0.2, 0.25) is 0 Å². The minimum atomic E-state index is -3.79. The maximum absolute atomic E-state index is 12.8. The first kappa shape index (κ1) is 21.5. The summed E-state index contributed by atoms with van der Waals surface area (Å²) >= 11 is 0. The average Bonchev–Trinajstić information content (AvgIpc) is 2.66. The van der Waals surface area contributed by atoms with Crippen molar-refractivity contribution in [3.05, 3.63) is 59.9 Å². The van der Waals surface area contributed by atoms with Crippen molar-refractivity contribution in [2.75, 3.05) is 19.8 Å². The van der Waals surface area contributed by atoms with E-state index < -0.39 is 16.0 Å². The van der Waals surface area contributed by atoms with Gasteiger partial charge < -0.3 is 9.47 Å². The van der Waals surface area contributed by atoms with Gasteiger partial charge in [-0.3, -0.25) is 9.59 Å². The summed E-state index contributed by atoms with van der Waals surface area (Å²) in [5, 5.41) is 0. The van der Waals surface area contributed by atoms with Gasteiger partial charge in [0.15, 0.2) is 5.78 Å². The molecule has 0 saturated heterocycles. The number of ketones is 1. The Morgan fingerprint density at radius 2 is 1.64 bits per heavy atom. The van der Waals surface area contributed by atoms with Crippen LogP contribution in [0.25, 0.3) is 0 Å². The van der Waals surface area contributed by atoms with Crippen molar-refractivity contribution in [3.8, 4) is 5.75 Å². The number of hydrogen-bond donors (Lipinski definition) is 1. The third-order valence-electron chi connectivity index (χ3n) is 3.62. The van der Waals surface area contributed by atoms with Crippen LogP contribution >= 0.6 is 0 Å². The van der Waals surface area contributed by atoms with Crippen LogP contribution in [-0.2, 0) is 19.6 Å². The van der Waals surface area contributed by atoms with Crippen molar-refractivity contribution in [2.24, 2.45) is 0 Å². The Morgan fingerprint density at radius 1 is 1.00 bits per heavy atom. The summed E-state index contributed by atoms with van der Waals surface area (Å²) in [6.45, 7) is 1.33. The summed E-state index contributed by atoms with van der Waals surface area (Å²) in [6.07, 6.45) is -0.151. The maximum atomic E-state index is 12.8. The number of carbonyl (C=O) groups excluding carboxylic acids is 2. The molecule has 150 valence electrons. The van der Waals surface area contributed by atoms with Crippen LogP contribution in [0.5, 0.6) is 5.75 Å². The molecule has 0 atom stereocenters. The second kappa shape index (κ2) is 9.95. The number of benzene rings is 2. The number of esters is 1. The molecule has 0 aliphatic heterocycles.